The van der Waals surface area contributed by atoms with E-state index in [4.69, 9.17) is 15.2 Å². The van der Waals surface area contributed by atoms with Gasteiger partial charge in [0.05, 0.1) is 20.3 Å². The van der Waals surface area contributed by atoms with E-state index in [0.717, 1.165) is 22.3 Å². The SMILES string of the molecule is COc1ccc(-c2cc(C(N)=O)c3c(c2)-c2ccc(C(=O)N4CCOCC4)cc2C3)cc1F. The minimum atomic E-state index is -0.542. The highest BCUT2D eigenvalue weighted by molar-refractivity contribution is 6.01. The summed E-state index contributed by atoms with van der Waals surface area (Å²) in [5.74, 6) is -0.901. The zero-order chi connectivity index (χ0) is 23.1. The molecule has 3 aromatic rings. The van der Waals surface area contributed by atoms with Gasteiger partial charge in [-0.3, -0.25) is 9.59 Å². The van der Waals surface area contributed by atoms with E-state index < -0.39 is 11.7 Å². The van der Waals surface area contributed by atoms with E-state index in [2.05, 4.69) is 0 Å². The molecule has 1 aliphatic carbocycles. The number of hydrogen-bond donors (Lipinski definition) is 1. The predicted octanol–water partition coefficient (Wildman–Crippen LogP) is 3.64. The average Bonchev–Trinajstić information content (AvgIpc) is 3.21. The standard InChI is InChI=1S/C26H23FN2O4/c1-32-24-5-3-15(14-23(24)27)17-11-20-19-4-2-16(26(31)29-6-8-33-9-7-29)10-18(19)13-21(20)22(12-17)25(28)30/h2-5,10-12,14H,6-9,13H2,1H3,(H2,28,30). The molecule has 7 heteroatoms. The molecule has 2 amide bonds. The summed E-state index contributed by atoms with van der Waals surface area (Å²) in [5.41, 5.74) is 11.6. The molecule has 0 atom stereocenters. The first kappa shape index (κ1) is 21.2. The highest BCUT2D eigenvalue weighted by atomic mass is 19.1. The van der Waals surface area contributed by atoms with Crippen LogP contribution < -0.4 is 10.5 Å². The van der Waals surface area contributed by atoms with Crippen LogP contribution in [0, 0.1) is 5.82 Å². The summed E-state index contributed by atoms with van der Waals surface area (Å²) in [4.78, 5) is 27.0. The molecule has 1 fully saturated rings. The van der Waals surface area contributed by atoms with E-state index in [1.807, 2.05) is 24.3 Å². The Morgan fingerprint density at radius 3 is 2.48 bits per heavy atom. The van der Waals surface area contributed by atoms with Crippen molar-refractivity contribution in [3.8, 4) is 28.0 Å². The molecule has 2 aliphatic rings. The van der Waals surface area contributed by atoms with Crippen molar-refractivity contribution in [2.24, 2.45) is 5.73 Å². The third-order valence-electron chi connectivity index (χ3n) is 6.31. The molecular weight excluding hydrogens is 423 g/mol. The fourth-order valence-corrected chi connectivity index (χ4v) is 4.61. The van der Waals surface area contributed by atoms with Crippen LogP contribution in [0.3, 0.4) is 0 Å². The molecule has 5 rings (SSSR count). The lowest BCUT2D eigenvalue weighted by molar-refractivity contribution is 0.0303. The quantitative estimate of drug-likeness (QED) is 0.519. The number of morpholine rings is 1. The Kier molecular flexibility index (Phi) is 5.34. The number of benzene rings is 3. The number of carbonyl (C=O) groups excluding carboxylic acids is 2. The second kappa shape index (κ2) is 8.33. The summed E-state index contributed by atoms with van der Waals surface area (Å²) < 4.78 is 24.7. The Morgan fingerprint density at radius 1 is 1.00 bits per heavy atom. The number of halogens is 1. The Hall–Kier alpha value is -3.71. The van der Waals surface area contributed by atoms with Gasteiger partial charge in [-0.05, 0) is 76.2 Å². The van der Waals surface area contributed by atoms with Gasteiger partial charge in [0.2, 0.25) is 5.91 Å². The second-order valence-corrected chi connectivity index (χ2v) is 8.22. The van der Waals surface area contributed by atoms with Crippen molar-refractivity contribution in [2.75, 3.05) is 33.4 Å². The number of rotatable bonds is 4. The molecule has 3 aromatic carbocycles. The van der Waals surface area contributed by atoms with Gasteiger partial charge < -0.3 is 20.1 Å². The number of nitrogens with zero attached hydrogens (tertiary/aromatic N) is 1. The Morgan fingerprint density at radius 2 is 1.79 bits per heavy atom. The van der Waals surface area contributed by atoms with Crippen LogP contribution in [0.5, 0.6) is 5.75 Å². The monoisotopic (exact) mass is 446 g/mol. The number of hydrogen-bond acceptors (Lipinski definition) is 4. The molecule has 1 heterocycles. The fraction of sp³-hybridized carbons (Fsp3) is 0.231. The van der Waals surface area contributed by atoms with Gasteiger partial charge in [-0.1, -0.05) is 12.1 Å². The lowest BCUT2D eigenvalue weighted by Crippen LogP contribution is -2.40. The maximum absolute atomic E-state index is 14.3. The van der Waals surface area contributed by atoms with Crippen molar-refractivity contribution in [1.82, 2.24) is 4.90 Å². The van der Waals surface area contributed by atoms with Gasteiger partial charge in [0.15, 0.2) is 11.6 Å². The molecule has 0 aromatic heterocycles. The van der Waals surface area contributed by atoms with E-state index in [1.54, 1.807) is 23.1 Å². The maximum Gasteiger partial charge on any atom is 0.254 e. The Bertz CT molecular complexity index is 1280. The van der Waals surface area contributed by atoms with Crippen LogP contribution in [-0.4, -0.2) is 50.1 Å². The number of fused-ring (bicyclic) bond motifs is 3. The molecule has 33 heavy (non-hydrogen) atoms. The molecule has 0 spiro atoms. The van der Waals surface area contributed by atoms with E-state index in [0.29, 0.717) is 55.0 Å². The Balaban J connectivity index is 1.56. The topological polar surface area (TPSA) is 81.9 Å². The minimum absolute atomic E-state index is 0.0263. The van der Waals surface area contributed by atoms with Gasteiger partial charge in [-0.25, -0.2) is 4.39 Å². The van der Waals surface area contributed by atoms with Crippen molar-refractivity contribution in [1.29, 1.82) is 0 Å². The van der Waals surface area contributed by atoms with Gasteiger partial charge >= 0.3 is 0 Å². The molecule has 2 N–H and O–H groups in total. The molecule has 0 radical (unpaired) electrons. The third-order valence-corrected chi connectivity index (χ3v) is 6.31. The van der Waals surface area contributed by atoms with E-state index in [-0.39, 0.29) is 11.7 Å². The largest absolute Gasteiger partial charge is 0.494 e. The fourth-order valence-electron chi connectivity index (χ4n) is 4.61. The number of primary amides is 1. The number of nitrogens with two attached hydrogens (primary N) is 1. The van der Waals surface area contributed by atoms with E-state index in [9.17, 15) is 14.0 Å². The first-order valence-corrected chi connectivity index (χ1v) is 10.8. The van der Waals surface area contributed by atoms with E-state index in [1.165, 1.54) is 13.2 Å². The predicted molar refractivity (Wildman–Crippen MR) is 122 cm³/mol. The van der Waals surface area contributed by atoms with E-state index >= 15 is 0 Å². The normalized spacial score (nSPS) is 14.5. The summed E-state index contributed by atoms with van der Waals surface area (Å²) in [5, 5.41) is 0. The summed E-state index contributed by atoms with van der Waals surface area (Å²) in [6.07, 6.45) is 0.504. The summed E-state index contributed by atoms with van der Waals surface area (Å²) in [7, 11) is 1.41. The molecule has 0 bridgehead atoms. The highest BCUT2D eigenvalue weighted by Crippen LogP contribution is 2.42. The lowest BCUT2D eigenvalue weighted by Gasteiger charge is -2.27. The molecule has 1 aliphatic heterocycles. The van der Waals surface area contributed by atoms with Gasteiger partial charge in [0, 0.05) is 24.2 Å². The highest BCUT2D eigenvalue weighted by Gasteiger charge is 2.27. The smallest absolute Gasteiger partial charge is 0.254 e. The Labute approximate surface area is 190 Å². The van der Waals surface area contributed by atoms with Crippen LogP contribution in [0.1, 0.15) is 31.8 Å². The van der Waals surface area contributed by atoms with Gasteiger partial charge in [-0.2, -0.15) is 0 Å². The number of carbonyl (C=O) groups is 2. The van der Waals surface area contributed by atoms with Crippen molar-refractivity contribution >= 4 is 11.8 Å². The van der Waals surface area contributed by atoms with Gasteiger partial charge in [-0.15, -0.1) is 0 Å². The van der Waals surface area contributed by atoms with Crippen LogP contribution >= 0.6 is 0 Å². The maximum atomic E-state index is 14.3. The molecular formula is C26H23FN2O4. The first-order chi connectivity index (χ1) is 16.0. The number of ether oxygens (including phenoxy) is 2. The average molecular weight is 446 g/mol. The van der Waals surface area contributed by atoms with Crippen LogP contribution in [0.2, 0.25) is 0 Å². The van der Waals surface area contributed by atoms with Crippen LogP contribution in [-0.2, 0) is 11.2 Å². The van der Waals surface area contributed by atoms with Crippen molar-refractivity contribution < 1.29 is 23.5 Å². The molecule has 6 nitrogen and oxygen atoms in total. The zero-order valence-electron chi connectivity index (χ0n) is 18.2. The summed E-state index contributed by atoms with van der Waals surface area (Å²) in [6.45, 7) is 2.23. The zero-order valence-corrected chi connectivity index (χ0v) is 18.2. The van der Waals surface area contributed by atoms with Gasteiger partial charge in [0.25, 0.3) is 5.91 Å². The number of amides is 2. The minimum Gasteiger partial charge on any atom is -0.494 e. The summed E-state index contributed by atoms with van der Waals surface area (Å²) in [6, 6.07) is 13.9. The van der Waals surface area contributed by atoms with Crippen LogP contribution in [0.15, 0.2) is 48.5 Å². The third kappa shape index (κ3) is 3.74. The van der Waals surface area contributed by atoms with Gasteiger partial charge in [0.1, 0.15) is 0 Å². The van der Waals surface area contributed by atoms with Crippen molar-refractivity contribution in [2.45, 2.75) is 6.42 Å². The molecule has 0 saturated carbocycles. The number of methoxy groups -OCH3 is 1. The van der Waals surface area contributed by atoms with Crippen molar-refractivity contribution in [3.63, 3.8) is 0 Å². The van der Waals surface area contributed by atoms with Crippen molar-refractivity contribution in [3.05, 3.63) is 76.6 Å². The van der Waals surface area contributed by atoms with Crippen LogP contribution in [0.4, 0.5) is 4.39 Å². The van der Waals surface area contributed by atoms with Crippen LogP contribution in [0.25, 0.3) is 22.3 Å². The first-order valence-electron chi connectivity index (χ1n) is 10.8. The molecule has 1 saturated heterocycles. The lowest BCUT2D eigenvalue weighted by atomic mass is 9.94. The second-order valence-electron chi connectivity index (χ2n) is 8.22. The summed E-state index contributed by atoms with van der Waals surface area (Å²) >= 11 is 0. The molecule has 0 unspecified atom stereocenters. The molecule has 168 valence electrons.